The van der Waals surface area contributed by atoms with Gasteiger partial charge in [-0.25, -0.2) is 4.79 Å². The Labute approximate surface area is 334 Å². The number of nitrogens with two attached hydrogens (primary N) is 1. The van der Waals surface area contributed by atoms with Gasteiger partial charge in [-0.3, -0.25) is 38.4 Å². The van der Waals surface area contributed by atoms with Gasteiger partial charge < -0.3 is 62.8 Å². The van der Waals surface area contributed by atoms with Crippen LogP contribution in [0.3, 0.4) is 0 Å². The number of hydrogen-bond acceptors (Lipinski definition) is 12. The Morgan fingerprint density at radius 2 is 1.36 bits per heavy atom. The Balaban J connectivity index is 2.43. The second kappa shape index (κ2) is 22.8. The summed E-state index contributed by atoms with van der Waals surface area (Å²) in [7, 11) is 0. The molecule has 12 N–H and O–H groups in total. The van der Waals surface area contributed by atoms with Crippen LogP contribution in [0.2, 0.25) is 0 Å². The van der Waals surface area contributed by atoms with Crippen LogP contribution in [0.5, 0.6) is 5.75 Å². The van der Waals surface area contributed by atoms with E-state index in [2.05, 4.69) is 26.6 Å². The van der Waals surface area contributed by atoms with Crippen LogP contribution in [0, 0.1) is 11.8 Å². The zero-order valence-electron chi connectivity index (χ0n) is 32.8. The van der Waals surface area contributed by atoms with Gasteiger partial charge >= 0.3 is 17.9 Å². The maximum Gasteiger partial charge on any atom is 0.326 e. The molecule has 8 atom stereocenters. The van der Waals surface area contributed by atoms with Crippen molar-refractivity contribution in [3.05, 3.63) is 29.8 Å². The number of aliphatic hydroxyl groups is 1. The number of nitrogens with one attached hydrogen (secondary N) is 5. The van der Waals surface area contributed by atoms with E-state index in [0.29, 0.717) is 18.4 Å². The molecule has 322 valence electrons. The summed E-state index contributed by atoms with van der Waals surface area (Å²) < 4.78 is 0. The lowest BCUT2D eigenvalue weighted by molar-refractivity contribution is -0.145. The number of nitrogens with zero attached hydrogens (tertiary/aromatic N) is 1. The predicted molar refractivity (Wildman–Crippen MR) is 202 cm³/mol. The van der Waals surface area contributed by atoms with E-state index >= 15 is 0 Å². The van der Waals surface area contributed by atoms with E-state index < -0.39 is 133 Å². The SMILES string of the molecule is CC[C@H](C)[C@H](NC(=O)[C@@H]1CCCN1C(=O)[C@H](Cc1ccc(O)cc1)NC(=O)[C@H](CC(=O)O)NC(=O)[C@H](CCC(=O)O)NC(=O)[C@@H](N)CO)C(=O)N[C@H](C(=O)O)C(C)C. The monoisotopic (exact) mass is 821 g/mol. The molecular weight excluding hydrogens is 766 g/mol. The van der Waals surface area contributed by atoms with Gasteiger partial charge in [0.05, 0.1) is 13.0 Å². The molecule has 1 fully saturated rings. The number of carboxylic acids is 3. The van der Waals surface area contributed by atoms with Crippen LogP contribution in [-0.2, 0) is 49.6 Å². The lowest BCUT2D eigenvalue weighted by Crippen LogP contribution is -2.61. The minimum absolute atomic E-state index is 0.0315. The number of hydrogen-bond donors (Lipinski definition) is 11. The number of aliphatic carboxylic acids is 3. The van der Waals surface area contributed by atoms with Gasteiger partial charge in [0, 0.05) is 19.4 Å². The van der Waals surface area contributed by atoms with E-state index in [-0.39, 0.29) is 25.1 Å². The van der Waals surface area contributed by atoms with E-state index in [4.69, 9.17) is 10.8 Å². The summed E-state index contributed by atoms with van der Waals surface area (Å²) in [5.41, 5.74) is 5.92. The van der Waals surface area contributed by atoms with Crippen molar-refractivity contribution in [1.29, 1.82) is 0 Å². The minimum atomic E-state index is -1.89. The summed E-state index contributed by atoms with van der Waals surface area (Å²) in [6.45, 7) is 5.89. The number of phenols is 1. The van der Waals surface area contributed by atoms with Crippen LogP contribution in [-0.4, -0.2) is 139 Å². The zero-order valence-corrected chi connectivity index (χ0v) is 32.8. The molecule has 0 unspecified atom stereocenters. The molecule has 0 aromatic heterocycles. The number of aliphatic hydroxyl groups excluding tert-OH is 1. The van der Waals surface area contributed by atoms with Crippen molar-refractivity contribution in [2.75, 3.05) is 13.2 Å². The molecule has 21 nitrogen and oxygen atoms in total. The first kappa shape index (κ1) is 48.3. The average Bonchev–Trinajstić information content (AvgIpc) is 3.66. The number of amides is 6. The number of rotatable bonds is 23. The molecule has 0 saturated carbocycles. The number of carbonyl (C=O) groups excluding carboxylic acids is 6. The van der Waals surface area contributed by atoms with Crippen molar-refractivity contribution in [3.8, 4) is 5.75 Å². The van der Waals surface area contributed by atoms with Gasteiger partial charge in [-0.1, -0.05) is 46.2 Å². The molecule has 1 heterocycles. The number of aromatic hydroxyl groups is 1. The Hall–Kier alpha value is -5.83. The highest BCUT2D eigenvalue weighted by Crippen LogP contribution is 2.22. The van der Waals surface area contributed by atoms with Crippen molar-refractivity contribution in [1.82, 2.24) is 31.5 Å². The Kier molecular flexibility index (Phi) is 19.0. The van der Waals surface area contributed by atoms with Gasteiger partial charge in [0.25, 0.3) is 0 Å². The maximum atomic E-state index is 14.3. The van der Waals surface area contributed by atoms with Crippen LogP contribution < -0.4 is 32.3 Å². The Morgan fingerprint density at radius 1 is 0.776 bits per heavy atom. The smallest absolute Gasteiger partial charge is 0.326 e. The second-order valence-electron chi connectivity index (χ2n) is 14.5. The molecule has 0 aliphatic carbocycles. The molecule has 0 radical (unpaired) electrons. The molecule has 1 aliphatic heterocycles. The highest BCUT2D eigenvalue weighted by atomic mass is 16.4. The first-order valence-corrected chi connectivity index (χ1v) is 18.8. The lowest BCUT2D eigenvalue weighted by Gasteiger charge is -2.32. The van der Waals surface area contributed by atoms with Crippen LogP contribution in [0.15, 0.2) is 24.3 Å². The summed E-state index contributed by atoms with van der Waals surface area (Å²) in [6, 6.07) is -4.52. The van der Waals surface area contributed by atoms with E-state index in [9.17, 15) is 63.6 Å². The molecule has 1 saturated heterocycles. The molecule has 2 rings (SSSR count). The standard InChI is InChI=1S/C37H55N7O14/c1-5-19(4)30(35(55)42-29(18(2)3)37(57)58)43-34(54)26-7-6-14-44(26)36(56)25(15-20-8-10-21(46)11-9-20)41-33(53)24(16-28(49)50)40-32(52)23(12-13-27(47)48)39-31(51)22(38)17-45/h8-11,18-19,22-26,29-30,45-46H,5-7,12-17,38H2,1-4H3,(H,39,51)(H,40,52)(H,41,53)(H,42,55)(H,43,54)(H,47,48)(H,49,50)(H,57,58)/t19-,22-,23-,24-,25-,26-,29-,30-/m0/s1. The molecule has 0 bridgehead atoms. The molecule has 1 aromatic carbocycles. The highest BCUT2D eigenvalue weighted by Gasteiger charge is 2.41. The quantitative estimate of drug-likeness (QED) is 0.0558. The Bertz CT molecular complexity index is 1660. The van der Waals surface area contributed by atoms with Crippen molar-refractivity contribution in [3.63, 3.8) is 0 Å². The van der Waals surface area contributed by atoms with Crippen LogP contribution >= 0.6 is 0 Å². The third-order valence-electron chi connectivity index (χ3n) is 9.68. The molecule has 58 heavy (non-hydrogen) atoms. The van der Waals surface area contributed by atoms with E-state index in [0.717, 1.165) is 0 Å². The number of benzene rings is 1. The fourth-order valence-corrected chi connectivity index (χ4v) is 6.11. The van der Waals surface area contributed by atoms with Crippen LogP contribution in [0.1, 0.15) is 71.8 Å². The van der Waals surface area contributed by atoms with Crippen molar-refractivity contribution in [2.45, 2.75) is 115 Å². The van der Waals surface area contributed by atoms with Crippen molar-refractivity contribution < 1.29 is 68.7 Å². The van der Waals surface area contributed by atoms with Gasteiger partial charge in [0.15, 0.2) is 0 Å². The summed E-state index contributed by atoms with van der Waals surface area (Å²) in [6.07, 6.45) is -1.52. The molecular formula is C37H55N7O14. The normalized spacial score (nSPS) is 17.4. The van der Waals surface area contributed by atoms with Gasteiger partial charge in [-0.05, 0) is 48.8 Å². The zero-order chi connectivity index (χ0) is 43.9. The maximum absolute atomic E-state index is 14.3. The fourth-order valence-electron chi connectivity index (χ4n) is 6.11. The summed E-state index contributed by atoms with van der Waals surface area (Å²) in [5, 5.41) is 59.4. The molecule has 1 aliphatic rings. The van der Waals surface area contributed by atoms with Crippen LogP contribution in [0.25, 0.3) is 0 Å². The fraction of sp³-hybridized carbons (Fsp3) is 0.595. The van der Waals surface area contributed by atoms with E-state index in [1.165, 1.54) is 29.2 Å². The topological polar surface area (TPSA) is 344 Å². The van der Waals surface area contributed by atoms with Crippen LogP contribution in [0.4, 0.5) is 0 Å². The molecule has 0 spiro atoms. The molecule has 21 heteroatoms. The van der Waals surface area contributed by atoms with Gasteiger partial charge in [-0.15, -0.1) is 0 Å². The highest BCUT2D eigenvalue weighted by molar-refractivity contribution is 5.98. The lowest BCUT2D eigenvalue weighted by atomic mass is 9.96. The first-order valence-electron chi connectivity index (χ1n) is 18.8. The van der Waals surface area contributed by atoms with Gasteiger partial charge in [0.1, 0.15) is 48.0 Å². The van der Waals surface area contributed by atoms with Crippen molar-refractivity contribution in [2.24, 2.45) is 17.6 Å². The predicted octanol–water partition coefficient (Wildman–Crippen LogP) is -2.20. The third kappa shape index (κ3) is 14.6. The number of carboxylic acid groups (broad SMARTS) is 3. The third-order valence-corrected chi connectivity index (χ3v) is 9.68. The van der Waals surface area contributed by atoms with Gasteiger partial charge in [0.2, 0.25) is 35.4 Å². The second-order valence-corrected chi connectivity index (χ2v) is 14.5. The van der Waals surface area contributed by atoms with Gasteiger partial charge in [-0.2, -0.15) is 0 Å². The summed E-state index contributed by atoms with van der Waals surface area (Å²) in [4.78, 5) is 117. The van der Waals surface area contributed by atoms with E-state index in [1.807, 2.05) is 0 Å². The molecule has 1 aromatic rings. The number of likely N-dealkylation sites (tertiary alicyclic amines) is 1. The minimum Gasteiger partial charge on any atom is -0.508 e. The molecule has 6 amide bonds. The summed E-state index contributed by atoms with van der Waals surface area (Å²) >= 11 is 0. The first-order chi connectivity index (χ1) is 27.2. The van der Waals surface area contributed by atoms with Crippen molar-refractivity contribution >= 4 is 53.4 Å². The Morgan fingerprint density at radius 3 is 1.90 bits per heavy atom. The number of phenolic OH excluding ortho intramolecular Hbond substituents is 1. The largest absolute Gasteiger partial charge is 0.508 e. The number of carbonyl (C=O) groups is 9. The summed E-state index contributed by atoms with van der Waals surface area (Å²) in [5.74, 6) is -10.8. The average molecular weight is 822 g/mol. The van der Waals surface area contributed by atoms with E-state index in [1.54, 1.807) is 27.7 Å².